The number of carbonyl (C=O) groups excluding carboxylic acids is 9. The molecule has 4 atom stereocenters. The summed E-state index contributed by atoms with van der Waals surface area (Å²) in [4.78, 5) is 121. The van der Waals surface area contributed by atoms with E-state index in [0.29, 0.717) is 12.0 Å². The Morgan fingerprint density at radius 2 is 1.32 bits per heavy atom. The molecule has 22 nitrogen and oxygen atoms in total. The molecule has 1 heterocycles. The van der Waals surface area contributed by atoms with Gasteiger partial charge in [-0.3, -0.25) is 48.1 Å². The van der Waals surface area contributed by atoms with E-state index in [1.54, 1.807) is 30.3 Å². The molecule has 0 aromatic heterocycles. The molecule has 0 bridgehead atoms. The molecule has 1 fully saturated rings. The van der Waals surface area contributed by atoms with E-state index in [1.807, 2.05) is 0 Å². The normalized spacial score (nSPS) is 21.6. The van der Waals surface area contributed by atoms with Crippen LogP contribution in [0.1, 0.15) is 56.9 Å². The molecule has 2 rings (SSSR count). The monoisotopic (exact) mass is 802 g/mol. The van der Waals surface area contributed by atoms with Crippen LogP contribution in [0.2, 0.25) is 0 Å². The van der Waals surface area contributed by atoms with Crippen LogP contribution in [-0.2, 0) is 49.6 Å². The van der Waals surface area contributed by atoms with Gasteiger partial charge in [0, 0.05) is 45.3 Å². The van der Waals surface area contributed by atoms with Crippen molar-refractivity contribution in [2.24, 2.45) is 27.9 Å². The molecule has 0 spiro atoms. The van der Waals surface area contributed by atoms with Crippen LogP contribution in [-0.4, -0.2) is 133 Å². The lowest BCUT2D eigenvalue weighted by Gasteiger charge is -2.29. The number of aliphatic imine (C=N–C) groups is 1. The summed E-state index contributed by atoms with van der Waals surface area (Å²) in [6.45, 7) is -2.54. The van der Waals surface area contributed by atoms with E-state index >= 15 is 0 Å². The second kappa shape index (κ2) is 25.0. The minimum absolute atomic E-state index is 0.0735. The first-order valence-corrected chi connectivity index (χ1v) is 18.4. The average molecular weight is 803 g/mol. The van der Waals surface area contributed by atoms with E-state index in [-0.39, 0.29) is 77.0 Å². The number of benzene rings is 1. The molecule has 1 aliphatic rings. The minimum atomic E-state index is -1.61. The number of carbonyl (C=O) groups is 9. The number of aliphatic hydroxyl groups excluding tert-OH is 1. The third-order valence-corrected chi connectivity index (χ3v) is 8.48. The highest BCUT2D eigenvalue weighted by Gasteiger charge is 2.31. The van der Waals surface area contributed by atoms with E-state index in [2.05, 4.69) is 36.9 Å². The highest BCUT2D eigenvalue weighted by atomic mass is 16.3. The summed E-state index contributed by atoms with van der Waals surface area (Å²) in [6, 6.07) is 3.17. The predicted molar refractivity (Wildman–Crippen MR) is 204 cm³/mol. The standard InChI is InChI=1S/C35H54N12O10/c36-26(49)13-12-23-32(55)42-18-30(53)45-25(20-48)33(56)46-24(17-21-7-2-1-3-8-21)34(57)47(19-27(37)50)16-15-40-31(54)22(9-6-14-41-35(38)39)43-28(51)10-4-5-11-29(52)44-23/h1-3,7-8,22-25,48H,4-6,9-20H2,(H2,36,49)(H2,37,50)(H,40,54)(H,42,55)(H,43,51)(H,44,52)(H,45,53)(H,46,56)(H4,38,39,41)/t22-,23-,24-,25-/m0/s1. The maximum atomic E-state index is 14.0. The predicted octanol–water partition coefficient (Wildman–Crippen LogP) is -5.40. The number of primary amides is 2. The topological polar surface area (TPSA) is 366 Å². The molecule has 9 amide bonds. The van der Waals surface area contributed by atoms with Gasteiger partial charge < -0.3 is 64.8 Å². The van der Waals surface area contributed by atoms with Crippen LogP contribution in [0.4, 0.5) is 0 Å². The molecule has 0 saturated carbocycles. The van der Waals surface area contributed by atoms with Crippen molar-refractivity contribution >= 4 is 59.1 Å². The van der Waals surface area contributed by atoms with Crippen molar-refractivity contribution in [3.05, 3.63) is 35.9 Å². The first-order valence-electron chi connectivity index (χ1n) is 18.4. The first kappa shape index (κ1) is 46.8. The molecule has 15 N–H and O–H groups in total. The Morgan fingerprint density at radius 1 is 0.719 bits per heavy atom. The SMILES string of the molecule is NC(=O)CC[C@@H]1NC(=O)CCCCC(=O)N[C@@H](CCCN=C(N)N)C(=O)NCCN(CC(N)=O)C(=O)[C@H](Cc2ccccc2)NC(=O)[C@H](CO)NC(=O)CNC1=O. The summed E-state index contributed by atoms with van der Waals surface area (Å²) in [5, 5.41) is 24.9. The van der Waals surface area contributed by atoms with Crippen LogP contribution in [0.15, 0.2) is 35.3 Å². The maximum Gasteiger partial charge on any atom is 0.246 e. The number of nitrogens with one attached hydrogen (secondary N) is 6. The van der Waals surface area contributed by atoms with Gasteiger partial charge in [-0.2, -0.15) is 0 Å². The lowest BCUT2D eigenvalue weighted by Crippen LogP contribution is -2.58. The lowest BCUT2D eigenvalue weighted by molar-refractivity contribution is -0.140. The van der Waals surface area contributed by atoms with E-state index in [9.17, 15) is 48.3 Å². The zero-order valence-corrected chi connectivity index (χ0v) is 31.6. The Hall–Kier alpha value is -6.32. The molecule has 0 aliphatic carbocycles. The molecule has 1 saturated heterocycles. The number of hydrogen-bond acceptors (Lipinski definition) is 11. The van der Waals surface area contributed by atoms with Gasteiger partial charge in [-0.15, -0.1) is 0 Å². The second-order valence-electron chi connectivity index (χ2n) is 13.2. The third kappa shape index (κ3) is 18.7. The average Bonchev–Trinajstić information content (AvgIpc) is 3.16. The van der Waals surface area contributed by atoms with E-state index in [4.69, 9.17) is 22.9 Å². The van der Waals surface area contributed by atoms with Crippen molar-refractivity contribution in [3.63, 3.8) is 0 Å². The Bertz CT molecular complexity index is 1610. The van der Waals surface area contributed by atoms with E-state index in [1.165, 1.54) is 0 Å². The van der Waals surface area contributed by atoms with Crippen LogP contribution in [0.25, 0.3) is 0 Å². The summed E-state index contributed by atoms with van der Waals surface area (Å²) in [5.74, 6) is -7.07. The molecule has 1 aliphatic heterocycles. The summed E-state index contributed by atoms with van der Waals surface area (Å²) < 4.78 is 0. The fraction of sp³-hybridized carbons (Fsp3) is 0.543. The highest BCUT2D eigenvalue weighted by Crippen LogP contribution is 2.09. The molecule has 1 aromatic rings. The number of hydrogen-bond donors (Lipinski definition) is 11. The van der Waals surface area contributed by atoms with Gasteiger partial charge in [0.15, 0.2) is 5.96 Å². The van der Waals surface area contributed by atoms with E-state index in [0.717, 1.165) is 4.90 Å². The van der Waals surface area contributed by atoms with Gasteiger partial charge in [-0.25, -0.2) is 0 Å². The Morgan fingerprint density at radius 3 is 1.89 bits per heavy atom. The summed E-state index contributed by atoms with van der Waals surface area (Å²) >= 11 is 0. The largest absolute Gasteiger partial charge is 0.394 e. The quantitative estimate of drug-likeness (QED) is 0.0536. The fourth-order valence-corrected chi connectivity index (χ4v) is 5.60. The van der Waals surface area contributed by atoms with Crippen LogP contribution in [0, 0.1) is 0 Å². The molecule has 57 heavy (non-hydrogen) atoms. The lowest BCUT2D eigenvalue weighted by atomic mass is 10.0. The van der Waals surface area contributed by atoms with Crippen molar-refractivity contribution in [2.75, 3.05) is 39.3 Å². The van der Waals surface area contributed by atoms with Crippen molar-refractivity contribution in [2.45, 2.75) is 82.0 Å². The smallest absolute Gasteiger partial charge is 0.246 e. The van der Waals surface area contributed by atoms with Crippen molar-refractivity contribution < 1.29 is 48.3 Å². The number of amides is 9. The van der Waals surface area contributed by atoms with Crippen LogP contribution in [0.5, 0.6) is 0 Å². The van der Waals surface area contributed by atoms with Crippen molar-refractivity contribution in [1.82, 2.24) is 36.8 Å². The van der Waals surface area contributed by atoms with Gasteiger partial charge in [0.25, 0.3) is 0 Å². The first-order chi connectivity index (χ1) is 27.1. The Kier molecular flexibility index (Phi) is 20.5. The van der Waals surface area contributed by atoms with E-state index < -0.39 is 97.0 Å². The molecular formula is C35H54N12O10. The molecule has 1 aromatic carbocycles. The van der Waals surface area contributed by atoms with Crippen LogP contribution in [0.3, 0.4) is 0 Å². The van der Waals surface area contributed by atoms with Gasteiger partial charge in [0.1, 0.15) is 24.2 Å². The minimum Gasteiger partial charge on any atom is -0.394 e. The third-order valence-electron chi connectivity index (χ3n) is 8.48. The van der Waals surface area contributed by atoms with Gasteiger partial charge in [0.05, 0.1) is 19.7 Å². The number of rotatable bonds is 12. The van der Waals surface area contributed by atoms with Crippen LogP contribution < -0.4 is 54.8 Å². The van der Waals surface area contributed by atoms with Gasteiger partial charge in [-0.1, -0.05) is 30.3 Å². The maximum absolute atomic E-state index is 14.0. The molecular weight excluding hydrogens is 748 g/mol. The fourth-order valence-electron chi connectivity index (χ4n) is 5.60. The van der Waals surface area contributed by atoms with Gasteiger partial charge in [0.2, 0.25) is 53.2 Å². The zero-order valence-electron chi connectivity index (χ0n) is 31.6. The molecule has 22 heteroatoms. The molecule has 0 radical (unpaired) electrons. The molecule has 314 valence electrons. The summed E-state index contributed by atoms with van der Waals surface area (Å²) in [5.41, 5.74) is 22.1. The highest BCUT2D eigenvalue weighted by molar-refractivity contribution is 5.95. The van der Waals surface area contributed by atoms with Gasteiger partial charge in [-0.05, 0) is 37.7 Å². The summed E-state index contributed by atoms with van der Waals surface area (Å²) in [6.07, 6.45) is 0.0577. The Balaban J connectivity index is 2.43. The van der Waals surface area contributed by atoms with Gasteiger partial charge >= 0.3 is 0 Å². The van der Waals surface area contributed by atoms with Crippen LogP contribution >= 0.6 is 0 Å². The zero-order chi connectivity index (χ0) is 42.3. The van der Waals surface area contributed by atoms with Crippen molar-refractivity contribution in [3.8, 4) is 0 Å². The molecule has 0 unspecified atom stereocenters. The Labute approximate surface area is 329 Å². The number of aliphatic hydroxyl groups is 1. The summed E-state index contributed by atoms with van der Waals surface area (Å²) in [7, 11) is 0. The number of nitrogens with zero attached hydrogens (tertiary/aromatic N) is 2. The number of guanidine groups is 1. The second-order valence-corrected chi connectivity index (χ2v) is 13.2. The number of nitrogens with two attached hydrogens (primary N) is 4. The van der Waals surface area contributed by atoms with Crippen molar-refractivity contribution in [1.29, 1.82) is 0 Å².